The largest absolute Gasteiger partial charge is 0.496 e. The predicted molar refractivity (Wildman–Crippen MR) is 56.5 cm³/mol. The van der Waals surface area contributed by atoms with Gasteiger partial charge in [0, 0.05) is 5.92 Å². The van der Waals surface area contributed by atoms with Crippen LogP contribution in [0.2, 0.25) is 0 Å². The van der Waals surface area contributed by atoms with Crippen LogP contribution in [0.3, 0.4) is 0 Å². The lowest BCUT2D eigenvalue weighted by atomic mass is 9.97. The van der Waals surface area contributed by atoms with Crippen LogP contribution in [0.25, 0.3) is 0 Å². The van der Waals surface area contributed by atoms with Crippen molar-refractivity contribution in [3.05, 3.63) is 29.8 Å². The summed E-state index contributed by atoms with van der Waals surface area (Å²) < 4.78 is 5.21. The van der Waals surface area contributed by atoms with Crippen LogP contribution in [0.5, 0.6) is 5.75 Å². The average molecular weight is 192 g/mol. The van der Waals surface area contributed by atoms with Gasteiger partial charge in [0.25, 0.3) is 0 Å². The van der Waals surface area contributed by atoms with Crippen LogP contribution in [0.4, 0.5) is 0 Å². The minimum Gasteiger partial charge on any atom is -0.496 e. The van der Waals surface area contributed by atoms with Gasteiger partial charge < -0.3 is 4.74 Å². The van der Waals surface area contributed by atoms with E-state index in [2.05, 4.69) is 0 Å². The van der Waals surface area contributed by atoms with E-state index >= 15 is 0 Å². The highest BCUT2D eigenvalue weighted by Crippen LogP contribution is 2.20. The molecule has 0 heterocycles. The molecule has 2 heteroatoms. The molecule has 2 nitrogen and oxygen atoms in total. The van der Waals surface area contributed by atoms with E-state index in [0.29, 0.717) is 0 Å². The fourth-order valence-electron chi connectivity index (χ4n) is 1.35. The van der Waals surface area contributed by atoms with Gasteiger partial charge in [0.2, 0.25) is 0 Å². The Kier molecular flexibility index (Phi) is 3.69. The summed E-state index contributed by atoms with van der Waals surface area (Å²) >= 11 is 0. The SMILES string of the molecule is COc1ccccc1C[C@@H](C)C(C)=O. The second kappa shape index (κ2) is 4.80. The first-order valence-corrected chi connectivity index (χ1v) is 4.77. The van der Waals surface area contributed by atoms with Gasteiger partial charge in [0.05, 0.1) is 7.11 Å². The van der Waals surface area contributed by atoms with Gasteiger partial charge in [-0.25, -0.2) is 0 Å². The van der Waals surface area contributed by atoms with E-state index in [1.165, 1.54) is 0 Å². The van der Waals surface area contributed by atoms with Crippen LogP contribution < -0.4 is 4.74 Å². The minimum absolute atomic E-state index is 0.0614. The number of rotatable bonds is 4. The van der Waals surface area contributed by atoms with Crippen LogP contribution in [0, 0.1) is 5.92 Å². The van der Waals surface area contributed by atoms with Crippen molar-refractivity contribution in [3.63, 3.8) is 0 Å². The molecule has 0 N–H and O–H groups in total. The molecule has 0 aliphatic carbocycles. The van der Waals surface area contributed by atoms with Gasteiger partial charge in [-0.15, -0.1) is 0 Å². The summed E-state index contributed by atoms with van der Waals surface area (Å²) in [5, 5.41) is 0. The summed E-state index contributed by atoms with van der Waals surface area (Å²) in [6, 6.07) is 7.81. The van der Waals surface area contributed by atoms with E-state index in [1.54, 1.807) is 14.0 Å². The number of carbonyl (C=O) groups excluding carboxylic acids is 1. The number of hydrogen-bond acceptors (Lipinski definition) is 2. The number of para-hydroxylation sites is 1. The zero-order valence-electron chi connectivity index (χ0n) is 8.91. The highest BCUT2D eigenvalue weighted by atomic mass is 16.5. The number of methoxy groups -OCH3 is 1. The molecule has 1 rings (SSSR count). The van der Waals surface area contributed by atoms with E-state index in [1.807, 2.05) is 31.2 Å². The normalized spacial score (nSPS) is 12.2. The third kappa shape index (κ3) is 2.59. The molecule has 0 aliphatic heterocycles. The fraction of sp³-hybridized carbons (Fsp3) is 0.417. The minimum atomic E-state index is 0.0614. The number of ether oxygens (including phenoxy) is 1. The molecular formula is C12H16O2. The van der Waals surface area contributed by atoms with Crippen LogP contribution >= 0.6 is 0 Å². The predicted octanol–water partition coefficient (Wildman–Crippen LogP) is 2.46. The standard InChI is InChI=1S/C12H16O2/c1-9(10(2)13)8-11-6-4-5-7-12(11)14-3/h4-7,9H,8H2,1-3H3/t9-/m1/s1. The Morgan fingerprint density at radius 2 is 2.07 bits per heavy atom. The summed E-state index contributed by atoms with van der Waals surface area (Å²) in [7, 11) is 1.65. The van der Waals surface area contributed by atoms with Crippen molar-refractivity contribution < 1.29 is 9.53 Å². The third-order valence-electron chi connectivity index (χ3n) is 2.41. The molecule has 0 bridgehead atoms. The average Bonchev–Trinajstić information content (AvgIpc) is 2.18. The molecule has 0 aromatic heterocycles. The summed E-state index contributed by atoms with van der Waals surface area (Å²) in [4.78, 5) is 11.1. The molecule has 14 heavy (non-hydrogen) atoms. The molecule has 0 amide bonds. The zero-order valence-corrected chi connectivity index (χ0v) is 8.91. The number of hydrogen-bond donors (Lipinski definition) is 0. The Bertz CT molecular complexity index is 318. The Morgan fingerprint density at radius 1 is 1.43 bits per heavy atom. The Hall–Kier alpha value is -1.31. The topological polar surface area (TPSA) is 26.3 Å². The van der Waals surface area contributed by atoms with E-state index in [-0.39, 0.29) is 11.7 Å². The van der Waals surface area contributed by atoms with Gasteiger partial charge in [-0.05, 0) is 25.0 Å². The molecule has 0 spiro atoms. The van der Waals surface area contributed by atoms with Gasteiger partial charge in [0.1, 0.15) is 11.5 Å². The van der Waals surface area contributed by atoms with Gasteiger partial charge in [-0.2, -0.15) is 0 Å². The number of carbonyl (C=O) groups is 1. The highest BCUT2D eigenvalue weighted by Gasteiger charge is 2.11. The molecule has 0 fully saturated rings. The van der Waals surface area contributed by atoms with Crippen LogP contribution in [0.15, 0.2) is 24.3 Å². The Balaban J connectivity index is 2.80. The molecular weight excluding hydrogens is 176 g/mol. The first kappa shape index (κ1) is 10.8. The van der Waals surface area contributed by atoms with Gasteiger partial charge in [-0.1, -0.05) is 25.1 Å². The quantitative estimate of drug-likeness (QED) is 0.732. The maximum Gasteiger partial charge on any atom is 0.132 e. The van der Waals surface area contributed by atoms with Gasteiger partial charge >= 0.3 is 0 Å². The lowest BCUT2D eigenvalue weighted by molar-refractivity contribution is -0.120. The number of ketones is 1. The van der Waals surface area contributed by atoms with E-state index in [4.69, 9.17) is 4.74 Å². The molecule has 0 saturated heterocycles. The van der Waals surface area contributed by atoms with Crippen molar-refractivity contribution in [2.75, 3.05) is 7.11 Å². The second-order valence-electron chi connectivity index (χ2n) is 3.53. The molecule has 1 aromatic rings. The second-order valence-corrected chi connectivity index (χ2v) is 3.53. The molecule has 0 radical (unpaired) electrons. The van der Waals surface area contributed by atoms with Crippen molar-refractivity contribution in [1.29, 1.82) is 0 Å². The number of benzene rings is 1. The van der Waals surface area contributed by atoms with Crippen molar-refractivity contribution in [1.82, 2.24) is 0 Å². The molecule has 1 aromatic carbocycles. The maximum atomic E-state index is 11.1. The Morgan fingerprint density at radius 3 is 2.64 bits per heavy atom. The van der Waals surface area contributed by atoms with Crippen LogP contribution in [-0.2, 0) is 11.2 Å². The first-order chi connectivity index (χ1) is 6.65. The van der Waals surface area contributed by atoms with E-state index in [0.717, 1.165) is 17.7 Å². The van der Waals surface area contributed by atoms with E-state index < -0.39 is 0 Å². The molecule has 0 aliphatic rings. The van der Waals surface area contributed by atoms with Crippen LogP contribution in [0.1, 0.15) is 19.4 Å². The van der Waals surface area contributed by atoms with Crippen molar-refractivity contribution >= 4 is 5.78 Å². The molecule has 0 unspecified atom stereocenters. The lowest BCUT2D eigenvalue weighted by Crippen LogP contribution is -2.10. The van der Waals surface area contributed by atoms with Gasteiger partial charge in [0.15, 0.2) is 0 Å². The van der Waals surface area contributed by atoms with Crippen molar-refractivity contribution in [2.24, 2.45) is 5.92 Å². The Labute approximate surface area is 84.9 Å². The first-order valence-electron chi connectivity index (χ1n) is 4.77. The van der Waals surface area contributed by atoms with Crippen molar-refractivity contribution in [3.8, 4) is 5.75 Å². The molecule has 76 valence electrons. The van der Waals surface area contributed by atoms with Crippen molar-refractivity contribution in [2.45, 2.75) is 20.3 Å². The third-order valence-corrected chi connectivity index (χ3v) is 2.41. The lowest BCUT2D eigenvalue weighted by Gasteiger charge is -2.11. The monoisotopic (exact) mass is 192 g/mol. The van der Waals surface area contributed by atoms with Gasteiger partial charge in [-0.3, -0.25) is 4.79 Å². The van der Waals surface area contributed by atoms with Crippen LogP contribution in [-0.4, -0.2) is 12.9 Å². The van der Waals surface area contributed by atoms with E-state index in [9.17, 15) is 4.79 Å². The summed E-state index contributed by atoms with van der Waals surface area (Å²) in [5.41, 5.74) is 1.10. The summed E-state index contributed by atoms with van der Waals surface area (Å²) in [6.07, 6.45) is 0.749. The zero-order chi connectivity index (χ0) is 10.6. The smallest absolute Gasteiger partial charge is 0.132 e. The summed E-state index contributed by atoms with van der Waals surface area (Å²) in [6.45, 7) is 3.56. The summed E-state index contributed by atoms with van der Waals surface area (Å²) in [5.74, 6) is 1.14. The maximum absolute atomic E-state index is 11.1. The number of Topliss-reactive ketones (excluding diaryl/α,β-unsaturated/α-hetero) is 1. The highest BCUT2D eigenvalue weighted by molar-refractivity contribution is 5.78. The fourth-order valence-corrected chi connectivity index (χ4v) is 1.35. The molecule has 1 atom stereocenters. The molecule has 0 saturated carbocycles.